The Kier molecular flexibility index (Phi) is 16.8. The summed E-state index contributed by atoms with van der Waals surface area (Å²) in [7, 11) is 0. The topological polar surface area (TPSA) is 121 Å². The fourth-order valence-corrected chi connectivity index (χ4v) is 0.671. The summed E-state index contributed by atoms with van der Waals surface area (Å²) >= 11 is 0. The largest absolute Gasteiger partial charge is 1.00 e. The zero-order chi connectivity index (χ0) is 9.72. The minimum atomic E-state index is -1.67. The molecule has 0 saturated heterocycles. The molecule has 14 heavy (non-hydrogen) atoms. The SMILES string of the molecule is OC[C@@H](O)[C@@H](O)[C@H](O)[C@@H](O)CO.[Cl-].[K+]. The molecule has 0 unspecified atom stereocenters. The summed E-state index contributed by atoms with van der Waals surface area (Å²) in [6.07, 6.45) is -6.39. The van der Waals surface area contributed by atoms with Gasteiger partial charge in [-0.3, -0.25) is 0 Å². The normalized spacial score (nSPS) is 18.4. The molecule has 0 aromatic rings. The van der Waals surface area contributed by atoms with Crippen LogP contribution < -0.4 is 63.8 Å². The third-order valence-corrected chi connectivity index (χ3v) is 1.51. The van der Waals surface area contributed by atoms with E-state index in [1.54, 1.807) is 0 Å². The summed E-state index contributed by atoms with van der Waals surface area (Å²) in [5.74, 6) is 0. The van der Waals surface area contributed by atoms with Crippen LogP contribution in [-0.2, 0) is 0 Å². The van der Waals surface area contributed by atoms with Gasteiger partial charge in [-0.15, -0.1) is 0 Å². The van der Waals surface area contributed by atoms with Crippen molar-refractivity contribution in [1.82, 2.24) is 0 Å². The first-order chi connectivity index (χ1) is 5.54. The minimum Gasteiger partial charge on any atom is -1.00 e. The van der Waals surface area contributed by atoms with Gasteiger partial charge in [-0.2, -0.15) is 0 Å². The van der Waals surface area contributed by atoms with Gasteiger partial charge in [0.1, 0.15) is 24.4 Å². The van der Waals surface area contributed by atoms with Crippen LogP contribution in [0.1, 0.15) is 0 Å². The van der Waals surface area contributed by atoms with E-state index in [1.165, 1.54) is 0 Å². The van der Waals surface area contributed by atoms with Gasteiger partial charge in [0, 0.05) is 0 Å². The van der Waals surface area contributed by atoms with Crippen LogP contribution in [0.4, 0.5) is 0 Å². The van der Waals surface area contributed by atoms with Crippen LogP contribution in [0, 0.1) is 0 Å². The van der Waals surface area contributed by atoms with Crippen molar-refractivity contribution in [1.29, 1.82) is 0 Å². The van der Waals surface area contributed by atoms with Gasteiger partial charge < -0.3 is 43.0 Å². The zero-order valence-electron chi connectivity index (χ0n) is 7.78. The molecule has 6 nitrogen and oxygen atoms in total. The molecule has 0 rings (SSSR count). The average molecular weight is 257 g/mol. The maximum absolute atomic E-state index is 8.96. The molecule has 0 bridgehead atoms. The van der Waals surface area contributed by atoms with E-state index >= 15 is 0 Å². The molecular formula is C6H14ClKO6. The first kappa shape index (κ1) is 21.0. The Bertz CT molecular complexity index is 115. The Hall–Kier alpha value is 1.69. The third-order valence-electron chi connectivity index (χ3n) is 1.51. The molecule has 6 N–H and O–H groups in total. The van der Waals surface area contributed by atoms with Crippen molar-refractivity contribution in [3.63, 3.8) is 0 Å². The Morgan fingerprint density at radius 2 is 0.929 bits per heavy atom. The number of hydrogen-bond donors (Lipinski definition) is 6. The predicted molar refractivity (Wildman–Crippen MR) is 38.2 cm³/mol. The Labute approximate surface area is 130 Å². The third kappa shape index (κ3) is 7.04. The molecule has 0 aliphatic carbocycles. The van der Waals surface area contributed by atoms with Crippen LogP contribution in [-0.4, -0.2) is 68.3 Å². The van der Waals surface area contributed by atoms with Crippen molar-refractivity contribution in [3.05, 3.63) is 0 Å². The molecular weight excluding hydrogens is 243 g/mol. The summed E-state index contributed by atoms with van der Waals surface area (Å²) in [6, 6.07) is 0. The summed E-state index contributed by atoms with van der Waals surface area (Å²) in [5, 5.41) is 52.2. The van der Waals surface area contributed by atoms with E-state index in [0.29, 0.717) is 0 Å². The van der Waals surface area contributed by atoms with Gasteiger partial charge in [-0.25, -0.2) is 0 Å². The van der Waals surface area contributed by atoms with Crippen LogP contribution in [0.5, 0.6) is 0 Å². The molecule has 0 aliphatic heterocycles. The van der Waals surface area contributed by atoms with E-state index < -0.39 is 37.6 Å². The first-order valence-electron chi connectivity index (χ1n) is 3.48. The zero-order valence-corrected chi connectivity index (χ0v) is 11.7. The van der Waals surface area contributed by atoms with Crippen molar-refractivity contribution in [2.75, 3.05) is 13.2 Å². The van der Waals surface area contributed by atoms with Gasteiger partial charge >= 0.3 is 51.4 Å². The van der Waals surface area contributed by atoms with Crippen LogP contribution in [0.2, 0.25) is 0 Å². The number of aliphatic hydroxyl groups is 6. The van der Waals surface area contributed by atoms with Gasteiger partial charge in [-0.1, -0.05) is 0 Å². The second-order valence-corrected chi connectivity index (χ2v) is 2.48. The van der Waals surface area contributed by atoms with Gasteiger partial charge in [0.15, 0.2) is 0 Å². The van der Waals surface area contributed by atoms with Crippen molar-refractivity contribution in [2.45, 2.75) is 24.4 Å². The molecule has 4 atom stereocenters. The van der Waals surface area contributed by atoms with Crippen molar-refractivity contribution >= 4 is 0 Å². The average Bonchev–Trinajstić information content (AvgIpc) is 2.12. The van der Waals surface area contributed by atoms with E-state index in [0.717, 1.165) is 0 Å². The molecule has 0 fully saturated rings. The van der Waals surface area contributed by atoms with E-state index in [4.69, 9.17) is 30.6 Å². The minimum absolute atomic E-state index is 0. The first-order valence-corrected chi connectivity index (χ1v) is 3.48. The molecule has 8 heteroatoms. The maximum Gasteiger partial charge on any atom is 1.00 e. The second kappa shape index (κ2) is 11.2. The van der Waals surface area contributed by atoms with Crippen molar-refractivity contribution in [3.8, 4) is 0 Å². The van der Waals surface area contributed by atoms with Crippen LogP contribution in [0.15, 0.2) is 0 Å². The van der Waals surface area contributed by atoms with Gasteiger partial charge in [-0.05, 0) is 0 Å². The molecule has 82 valence electrons. The maximum atomic E-state index is 8.96. The summed E-state index contributed by atoms with van der Waals surface area (Å²) in [6.45, 7) is -1.45. The molecule has 0 aliphatic rings. The Morgan fingerprint density at radius 1 is 0.714 bits per heavy atom. The smallest absolute Gasteiger partial charge is 1.00 e. The Morgan fingerprint density at radius 3 is 1.07 bits per heavy atom. The van der Waals surface area contributed by atoms with Gasteiger partial charge in [0.2, 0.25) is 0 Å². The Balaban J connectivity index is -0.000000605. The quantitative estimate of drug-likeness (QED) is 0.272. The van der Waals surface area contributed by atoms with Gasteiger partial charge in [0.05, 0.1) is 13.2 Å². The van der Waals surface area contributed by atoms with Crippen LogP contribution in [0.25, 0.3) is 0 Å². The standard InChI is InChI=1S/C6H14O6.ClH.K/c7-1-3(9)5(11)6(12)4(10)2-8;;/h3-12H,1-2H2;1H;/q;;+1/p-1/t3-,4+,5-,6-;;/m1../s1. The van der Waals surface area contributed by atoms with Crippen LogP contribution >= 0.6 is 0 Å². The molecule has 0 radical (unpaired) electrons. The number of halogens is 1. The van der Waals surface area contributed by atoms with Crippen molar-refractivity contribution in [2.24, 2.45) is 0 Å². The molecule has 0 spiro atoms. The number of hydrogen-bond acceptors (Lipinski definition) is 6. The number of rotatable bonds is 5. The second-order valence-electron chi connectivity index (χ2n) is 2.48. The van der Waals surface area contributed by atoms with Crippen molar-refractivity contribution < 1.29 is 94.4 Å². The molecule has 0 saturated carbocycles. The van der Waals surface area contributed by atoms with E-state index in [1.807, 2.05) is 0 Å². The monoisotopic (exact) mass is 256 g/mol. The molecule has 0 aromatic heterocycles. The predicted octanol–water partition coefficient (Wildman–Crippen LogP) is -9.58. The molecule has 0 heterocycles. The number of aliphatic hydroxyl groups excluding tert-OH is 6. The summed E-state index contributed by atoms with van der Waals surface area (Å²) < 4.78 is 0. The van der Waals surface area contributed by atoms with Gasteiger partial charge in [0.25, 0.3) is 0 Å². The summed E-state index contributed by atoms with van der Waals surface area (Å²) in [4.78, 5) is 0. The van der Waals surface area contributed by atoms with Crippen LogP contribution in [0.3, 0.4) is 0 Å². The molecule has 0 aromatic carbocycles. The molecule has 0 amide bonds. The fraction of sp³-hybridized carbons (Fsp3) is 1.00. The van der Waals surface area contributed by atoms with E-state index in [2.05, 4.69) is 0 Å². The van der Waals surface area contributed by atoms with E-state index in [-0.39, 0.29) is 63.8 Å². The summed E-state index contributed by atoms with van der Waals surface area (Å²) in [5.41, 5.74) is 0. The van der Waals surface area contributed by atoms with E-state index in [9.17, 15) is 0 Å². The fourth-order valence-electron chi connectivity index (χ4n) is 0.671.